The van der Waals surface area contributed by atoms with Crippen molar-refractivity contribution in [2.24, 2.45) is 5.10 Å². The zero-order chi connectivity index (χ0) is 16.1. The average Bonchev–Trinajstić information content (AvgIpc) is 2.49. The normalized spacial score (nSPS) is 10.6. The lowest BCUT2D eigenvalue weighted by atomic mass is 10.2. The first kappa shape index (κ1) is 15.5. The molecule has 0 heterocycles. The molecule has 0 aliphatic carbocycles. The third-order valence-corrected chi connectivity index (χ3v) is 3.06. The molecule has 22 heavy (non-hydrogen) atoms. The fourth-order valence-electron chi connectivity index (χ4n) is 1.70. The number of hydrogen-bond donors (Lipinski definition) is 2. The molecule has 0 bridgehead atoms. The molecule has 2 aromatic rings. The van der Waals surface area contributed by atoms with Crippen molar-refractivity contribution in [2.45, 2.75) is 0 Å². The van der Waals surface area contributed by atoms with Gasteiger partial charge in [0.1, 0.15) is 0 Å². The highest BCUT2D eigenvalue weighted by Gasteiger charge is 2.10. The minimum absolute atomic E-state index is 0.0624. The number of aromatic carboxylic acids is 1. The second-order valence-electron chi connectivity index (χ2n) is 4.19. The van der Waals surface area contributed by atoms with Crippen LogP contribution in [0.15, 0.2) is 47.6 Å². The molecule has 0 fully saturated rings. The summed E-state index contributed by atoms with van der Waals surface area (Å²) in [6.07, 6.45) is 1.28. The van der Waals surface area contributed by atoms with Crippen LogP contribution < -0.4 is 5.43 Å². The third-order valence-electron chi connectivity index (χ3n) is 2.73. The van der Waals surface area contributed by atoms with Gasteiger partial charge >= 0.3 is 5.97 Å². The second kappa shape index (κ2) is 6.68. The first-order chi connectivity index (χ1) is 10.5. The monoisotopic (exact) mass is 319 g/mol. The molecule has 0 amide bonds. The lowest BCUT2D eigenvalue weighted by Gasteiger charge is -2.03. The summed E-state index contributed by atoms with van der Waals surface area (Å²) in [5.41, 5.74) is 3.20. The van der Waals surface area contributed by atoms with Crippen LogP contribution in [0.25, 0.3) is 0 Å². The number of carbonyl (C=O) groups is 1. The van der Waals surface area contributed by atoms with Gasteiger partial charge in [0, 0.05) is 6.07 Å². The lowest BCUT2D eigenvalue weighted by Crippen LogP contribution is -2.00. The van der Waals surface area contributed by atoms with Crippen molar-refractivity contribution in [3.05, 3.63) is 68.7 Å². The summed E-state index contributed by atoms with van der Waals surface area (Å²) in [6.45, 7) is 0. The topological polar surface area (TPSA) is 105 Å². The summed E-state index contributed by atoms with van der Waals surface area (Å²) in [7, 11) is 0. The maximum atomic E-state index is 11.0. The number of anilines is 1. The van der Waals surface area contributed by atoms with Crippen LogP contribution in [0, 0.1) is 10.1 Å². The molecule has 0 aromatic heterocycles. The van der Waals surface area contributed by atoms with E-state index in [9.17, 15) is 14.9 Å². The molecule has 0 atom stereocenters. The van der Waals surface area contributed by atoms with Gasteiger partial charge in [0.15, 0.2) is 0 Å². The molecular weight excluding hydrogens is 310 g/mol. The summed E-state index contributed by atoms with van der Waals surface area (Å²) in [4.78, 5) is 21.3. The van der Waals surface area contributed by atoms with Crippen molar-refractivity contribution in [3.8, 4) is 0 Å². The summed E-state index contributed by atoms with van der Waals surface area (Å²) >= 11 is 5.75. The van der Waals surface area contributed by atoms with E-state index >= 15 is 0 Å². The van der Waals surface area contributed by atoms with E-state index in [1.807, 2.05) is 0 Å². The van der Waals surface area contributed by atoms with Crippen molar-refractivity contribution < 1.29 is 14.8 Å². The van der Waals surface area contributed by atoms with E-state index in [1.165, 1.54) is 24.4 Å². The Labute approximate surface area is 130 Å². The van der Waals surface area contributed by atoms with Crippen LogP contribution >= 0.6 is 11.6 Å². The third kappa shape index (κ3) is 3.58. The number of carboxylic acid groups (broad SMARTS) is 1. The van der Waals surface area contributed by atoms with E-state index in [-0.39, 0.29) is 16.3 Å². The Morgan fingerprint density at radius 2 is 2.05 bits per heavy atom. The van der Waals surface area contributed by atoms with Crippen molar-refractivity contribution >= 4 is 35.2 Å². The van der Waals surface area contributed by atoms with E-state index in [0.29, 0.717) is 11.3 Å². The van der Waals surface area contributed by atoms with Crippen molar-refractivity contribution in [1.82, 2.24) is 0 Å². The summed E-state index contributed by atoms with van der Waals surface area (Å²) in [6, 6.07) is 10.4. The number of rotatable bonds is 5. The van der Waals surface area contributed by atoms with Gasteiger partial charge in [-0.1, -0.05) is 23.7 Å². The number of carboxylic acids is 1. The van der Waals surface area contributed by atoms with Crippen LogP contribution in [-0.4, -0.2) is 22.2 Å². The first-order valence-corrected chi connectivity index (χ1v) is 6.42. The molecule has 0 unspecified atom stereocenters. The van der Waals surface area contributed by atoms with Crippen LogP contribution in [0.2, 0.25) is 5.02 Å². The van der Waals surface area contributed by atoms with E-state index in [1.54, 1.807) is 24.3 Å². The SMILES string of the molecule is O=C(O)c1cc(NN=Cc2ccccc2[N+](=O)[O-])ccc1Cl. The zero-order valence-electron chi connectivity index (χ0n) is 11.1. The number of benzene rings is 2. The maximum absolute atomic E-state index is 11.0. The molecule has 0 spiro atoms. The standard InChI is InChI=1S/C14H10ClN3O4/c15-12-6-5-10(7-11(12)14(19)20)17-16-8-9-3-1-2-4-13(9)18(21)22/h1-8,17H,(H,19,20). The second-order valence-corrected chi connectivity index (χ2v) is 4.59. The largest absolute Gasteiger partial charge is 0.478 e. The van der Waals surface area contributed by atoms with Gasteiger partial charge in [-0.05, 0) is 24.3 Å². The molecule has 0 aliphatic heterocycles. The van der Waals surface area contributed by atoms with Crippen LogP contribution in [0.1, 0.15) is 15.9 Å². The number of halogens is 1. The Balaban J connectivity index is 2.18. The van der Waals surface area contributed by atoms with E-state index in [4.69, 9.17) is 16.7 Å². The smallest absolute Gasteiger partial charge is 0.337 e. The number of nitrogens with one attached hydrogen (secondary N) is 1. The van der Waals surface area contributed by atoms with Crippen molar-refractivity contribution in [3.63, 3.8) is 0 Å². The quantitative estimate of drug-likeness (QED) is 0.499. The number of para-hydroxylation sites is 1. The molecular formula is C14H10ClN3O4. The van der Waals surface area contributed by atoms with Crippen molar-refractivity contribution in [2.75, 3.05) is 5.43 Å². The number of hydrogen-bond acceptors (Lipinski definition) is 5. The van der Waals surface area contributed by atoms with E-state index < -0.39 is 10.9 Å². The minimum Gasteiger partial charge on any atom is -0.478 e. The Bertz CT molecular complexity index is 762. The highest BCUT2D eigenvalue weighted by molar-refractivity contribution is 6.33. The predicted octanol–water partition coefficient (Wildman–Crippen LogP) is 3.39. The molecule has 0 aliphatic rings. The fraction of sp³-hybridized carbons (Fsp3) is 0. The molecule has 0 radical (unpaired) electrons. The fourth-order valence-corrected chi connectivity index (χ4v) is 1.90. The molecule has 2 N–H and O–H groups in total. The Hall–Kier alpha value is -2.93. The summed E-state index contributed by atoms with van der Waals surface area (Å²) < 4.78 is 0. The number of hydrazone groups is 1. The van der Waals surface area contributed by atoms with Gasteiger partial charge in [-0.3, -0.25) is 15.5 Å². The average molecular weight is 320 g/mol. The van der Waals surface area contributed by atoms with Crippen LogP contribution in [0.4, 0.5) is 11.4 Å². The summed E-state index contributed by atoms with van der Waals surface area (Å²) in [5.74, 6) is -1.16. The highest BCUT2D eigenvalue weighted by Crippen LogP contribution is 2.21. The van der Waals surface area contributed by atoms with Crippen molar-refractivity contribution in [1.29, 1.82) is 0 Å². The Morgan fingerprint density at radius 1 is 1.32 bits per heavy atom. The van der Waals surface area contributed by atoms with Gasteiger partial charge in [-0.2, -0.15) is 5.10 Å². The van der Waals surface area contributed by atoms with Crippen LogP contribution in [0.5, 0.6) is 0 Å². The molecule has 7 nitrogen and oxygen atoms in total. The summed E-state index contributed by atoms with van der Waals surface area (Å²) in [5, 5.41) is 23.8. The number of nitrogens with zero attached hydrogens (tertiary/aromatic N) is 2. The number of nitro groups is 1. The Morgan fingerprint density at radius 3 is 2.73 bits per heavy atom. The molecule has 8 heteroatoms. The van der Waals surface area contributed by atoms with E-state index in [0.717, 1.165) is 0 Å². The highest BCUT2D eigenvalue weighted by atomic mass is 35.5. The molecule has 2 aromatic carbocycles. The van der Waals surface area contributed by atoms with Gasteiger partial charge in [-0.25, -0.2) is 4.79 Å². The Kier molecular flexibility index (Phi) is 4.70. The molecule has 0 saturated carbocycles. The molecule has 0 saturated heterocycles. The number of nitro benzene ring substituents is 1. The van der Waals surface area contributed by atoms with Gasteiger partial charge in [-0.15, -0.1) is 0 Å². The van der Waals surface area contributed by atoms with Gasteiger partial charge in [0.05, 0.1) is 33.0 Å². The van der Waals surface area contributed by atoms with Gasteiger partial charge < -0.3 is 5.11 Å². The van der Waals surface area contributed by atoms with Gasteiger partial charge in [0.2, 0.25) is 0 Å². The van der Waals surface area contributed by atoms with Gasteiger partial charge in [0.25, 0.3) is 5.69 Å². The molecule has 112 valence electrons. The van der Waals surface area contributed by atoms with Crippen LogP contribution in [-0.2, 0) is 0 Å². The maximum Gasteiger partial charge on any atom is 0.337 e. The first-order valence-electron chi connectivity index (χ1n) is 6.04. The minimum atomic E-state index is -1.16. The zero-order valence-corrected chi connectivity index (χ0v) is 11.8. The van der Waals surface area contributed by atoms with E-state index in [2.05, 4.69) is 10.5 Å². The lowest BCUT2D eigenvalue weighted by molar-refractivity contribution is -0.385. The molecule has 2 rings (SSSR count). The predicted molar refractivity (Wildman–Crippen MR) is 82.7 cm³/mol. The van der Waals surface area contributed by atoms with Crippen LogP contribution in [0.3, 0.4) is 0 Å².